The lowest BCUT2D eigenvalue weighted by Gasteiger charge is -2.34. The van der Waals surface area contributed by atoms with Crippen LogP contribution in [0.15, 0.2) is 0 Å². The van der Waals surface area contributed by atoms with Crippen LogP contribution in [0, 0.1) is 5.92 Å². The Hall–Kier alpha value is -0.810. The van der Waals surface area contributed by atoms with Gasteiger partial charge in [-0.05, 0) is 32.1 Å². The van der Waals surface area contributed by atoms with E-state index in [2.05, 4.69) is 5.32 Å². The predicted molar refractivity (Wildman–Crippen MR) is 87.8 cm³/mol. The highest BCUT2D eigenvalue weighted by molar-refractivity contribution is 5.89. The van der Waals surface area contributed by atoms with Crippen LogP contribution in [0.25, 0.3) is 0 Å². The molecule has 5 nitrogen and oxygen atoms in total. The minimum atomic E-state index is -0.816. The Kier molecular flexibility index (Phi) is 7.63. The number of hydrogen-bond donors (Lipinski definition) is 2. The Morgan fingerprint density at radius 2 is 1.73 bits per heavy atom. The number of nitrogens with two attached hydrogens (primary N) is 1. The molecule has 0 aromatic carbocycles. The average Bonchev–Trinajstić information content (AvgIpc) is 2.73. The number of carbonyl (C=O) groups is 2. The first-order valence-electron chi connectivity index (χ1n) is 8.23. The summed E-state index contributed by atoms with van der Waals surface area (Å²) in [6.45, 7) is 0. The number of amides is 1. The highest BCUT2D eigenvalue weighted by atomic mass is 35.5. The standard InChI is InChI=1S/C16H28N2O3.ClH/c1-21-15(20)16(9-4-2-3-5-10-16)18-14(19)12-7-6-8-13(17)11-12;/h12-13H,2-11,17H2,1H3,(H,18,19);1H. The summed E-state index contributed by atoms with van der Waals surface area (Å²) < 4.78 is 4.98. The molecule has 2 saturated carbocycles. The molecule has 22 heavy (non-hydrogen) atoms. The van der Waals surface area contributed by atoms with Gasteiger partial charge >= 0.3 is 5.97 Å². The zero-order valence-electron chi connectivity index (χ0n) is 13.4. The van der Waals surface area contributed by atoms with Gasteiger partial charge in [0.2, 0.25) is 5.91 Å². The van der Waals surface area contributed by atoms with Gasteiger partial charge in [-0.25, -0.2) is 4.79 Å². The lowest BCUT2D eigenvalue weighted by molar-refractivity contribution is -0.152. The molecular formula is C16H29ClN2O3. The molecule has 0 bridgehead atoms. The normalized spacial score (nSPS) is 27.9. The first-order valence-corrected chi connectivity index (χ1v) is 8.23. The number of ether oxygens (including phenoxy) is 1. The molecule has 2 aliphatic rings. The molecule has 2 fully saturated rings. The van der Waals surface area contributed by atoms with Crippen LogP contribution in [0.1, 0.15) is 64.2 Å². The number of halogens is 1. The largest absolute Gasteiger partial charge is 0.467 e. The van der Waals surface area contributed by atoms with Crippen LogP contribution in [-0.4, -0.2) is 30.6 Å². The van der Waals surface area contributed by atoms with Crippen LogP contribution < -0.4 is 11.1 Å². The van der Waals surface area contributed by atoms with Crippen LogP contribution >= 0.6 is 12.4 Å². The van der Waals surface area contributed by atoms with Gasteiger partial charge in [0, 0.05) is 12.0 Å². The van der Waals surface area contributed by atoms with Crippen molar-refractivity contribution in [2.45, 2.75) is 75.8 Å². The fourth-order valence-corrected chi connectivity index (χ4v) is 3.71. The molecule has 2 rings (SSSR count). The van der Waals surface area contributed by atoms with E-state index >= 15 is 0 Å². The highest BCUT2D eigenvalue weighted by Crippen LogP contribution is 2.30. The Morgan fingerprint density at radius 3 is 2.27 bits per heavy atom. The molecule has 128 valence electrons. The number of esters is 1. The number of methoxy groups -OCH3 is 1. The van der Waals surface area contributed by atoms with Crippen LogP contribution in [0.4, 0.5) is 0 Å². The first kappa shape index (κ1) is 19.2. The monoisotopic (exact) mass is 332 g/mol. The van der Waals surface area contributed by atoms with Gasteiger partial charge in [0.1, 0.15) is 5.54 Å². The van der Waals surface area contributed by atoms with Gasteiger partial charge in [0.15, 0.2) is 0 Å². The molecule has 0 spiro atoms. The summed E-state index contributed by atoms with van der Waals surface area (Å²) in [6.07, 6.45) is 9.09. The quantitative estimate of drug-likeness (QED) is 0.614. The Labute approximate surface area is 139 Å². The third-order valence-electron chi connectivity index (χ3n) is 4.98. The summed E-state index contributed by atoms with van der Waals surface area (Å²) in [7, 11) is 1.40. The summed E-state index contributed by atoms with van der Waals surface area (Å²) in [5.74, 6) is -0.367. The smallest absolute Gasteiger partial charge is 0.331 e. The SMILES string of the molecule is COC(=O)C1(NC(=O)C2CCCC(N)C2)CCCCCC1.Cl. The molecular weight excluding hydrogens is 304 g/mol. The minimum absolute atomic E-state index is 0. The van der Waals surface area contributed by atoms with E-state index in [4.69, 9.17) is 10.5 Å². The molecule has 6 heteroatoms. The lowest BCUT2D eigenvalue weighted by atomic mass is 9.83. The minimum Gasteiger partial charge on any atom is -0.467 e. The molecule has 3 N–H and O–H groups in total. The maximum Gasteiger partial charge on any atom is 0.331 e. The maximum absolute atomic E-state index is 12.6. The highest BCUT2D eigenvalue weighted by Gasteiger charge is 2.42. The van der Waals surface area contributed by atoms with E-state index in [0.29, 0.717) is 12.8 Å². The summed E-state index contributed by atoms with van der Waals surface area (Å²) in [5.41, 5.74) is 5.15. The summed E-state index contributed by atoms with van der Waals surface area (Å²) >= 11 is 0. The third-order valence-corrected chi connectivity index (χ3v) is 4.98. The zero-order chi connectivity index (χ0) is 15.3. The second-order valence-corrected chi connectivity index (χ2v) is 6.60. The van der Waals surface area contributed by atoms with E-state index in [0.717, 1.165) is 51.4 Å². The fourth-order valence-electron chi connectivity index (χ4n) is 3.71. The second kappa shape index (κ2) is 8.73. The Bertz CT molecular complexity index is 382. The molecule has 2 unspecified atom stereocenters. The number of nitrogens with one attached hydrogen (secondary N) is 1. The van der Waals surface area contributed by atoms with Crippen molar-refractivity contribution in [2.24, 2.45) is 11.7 Å². The topological polar surface area (TPSA) is 81.4 Å². The Balaban J connectivity index is 0.00000242. The molecule has 0 aromatic heterocycles. The second-order valence-electron chi connectivity index (χ2n) is 6.60. The van der Waals surface area contributed by atoms with Crippen molar-refractivity contribution in [3.05, 3.63) is 0 Å². The van der Waals surface area contributed by atoms with E-state index in [1.165, 1.54) is 7.11 Å². The van der Waals surface area contributed by atoms with Crippen LogP contribution in [-0.2, 0) is 14.3 Å². The summed E-state index contributed by atoms with van der Waals surface area (Å²) in [4.78, 5) is 24.8. The van der Waals surface area contributed by atoms with Gasteiger partial charge < -0.3 is 15.8 Å². The van der Waals surface area contributed by atoms with Gasteiger partial charge in [-0.1, -0.05) is 32.1 Å². The number of rotatable bonds is 3. The van der Waals surface area contributed by atoms with E-state index in [1.807, 2.05) is 0 Å². The van der Waals surface area contributed by atoms with Crippen molar-refractivity contribution < 1.29 is 14.3 Å². The number of hydrogen-bond acceptors (Lipinski definition) is 4. The fraction of sp³-hybridized carbons (Fsp3) is 0.875. The van der Waals surface area contributed by atoms with Crippen molar-refractivity contribution in [1.82, 2.24) is 5.32 Å². The molecule has 0 saturated heterocycles. The van der Waals surface area contributed by atoms with Gasteiger partial charge in [0.25, 0.3) is 0 Å². The average molecular weight is 333 g/mol. The molecule has 2 atom stereocenters. The van der Waals surface area contributed by atoms with Crippen molar-refractivity contribution in [2.75, 3.05) is 7.11 Å². The van der Waals surface area contributed by atoms with Gasteiger partial charge in [-0.15, -0.1) is 12.4 Å². The van der Waals surface area contributed by atoms with Crippen LogP contribution in [0.3, 0.4) is 0 Å². The van der Waals surface area contributed by atoms with Crippen LogP contribution in [0.5, 0.6) is 0 Å². The predicted octanol–water partition coefficient (Wildman–Crippen LogP) is 2.31. The molecule has 1 amide bonds. The van der Waals surface area contributed by atoms with Gasteiger partial charge in [-0.3, -0.25) is 4.79 Å². The molecule has 0 radical (unpaired) electrons. The van der Waals surface area contributed by atoms with E-state index in [1.54, 1.807) is 0 Å². The van der Waals surface area contributed by atoms with E-state index in [9.17, 15) is 9.59 Å². The van der Waals surface area contributed by atoms with Crippen molar-refractivity contribution in [1.29, 1.82) is 0 Å². The number of carbonyl (C=O) groups excluding carboxylic acids is 2. The zero-order valence-corrected chi connectivity index (χ0v) is 14.3. The van der Waals surface area contributed by atoms with Gasteiger partial charge in [0.05, 0.1) is 7.11 Å². The third kappa shape index (κ3) is 4.59. The van der Waals surface area contributed by atoms with Crippen molar-refractivity contribution >= 4 is 24.3 Å². The maximum atomic E-state index is 12.6. The van der Waals surface area contributed by atoms with Crippen molar-refractivity contribution in [3.63, 3.8) is 0 Å². The first-order chi connectivity index (χ1) is 10.1. The molecule has 0 aromatic rings. The van der Waals surface area contributed by atoms with Gasteiger partial charge in [-0.2, -0.15) is 0 Å². The van der Waals surface area contributed by atoms with E-state index in [-0.39, 0.29) is 36.2 Å². The lowest BCUT2D eigenvalue weighted by Crippen LogP contribution is -2.56. The van der Waals surface area contributed by atoms with Crippen LogP contribution in [0.2, 0.25) is 0 Å². The Morgan fingerprint density at radius 1 is 1.09 bits per heavy atom. The summed E-state index contributed by atoms with van der Waals surface area (Å²) in [6, 6.07) is 0.109. The van der Waals surface area contributed by atoms with E-state index < -0.39 is 5.54 Å². The van der Waals surface area contributed by atoms with Crippen molar-refractivity contribution in [3.8, 4) is 0 Å². The molecule has 0 aliphatic heterocycles. The summed E-state index contributed by atoms with van der Waals surface area (Å²) in [5, 5.41) is 3.04. The molecule has 0 heterocycles. The molecule has 2 aliphatic carbocycles.